The molecule has 0 aliphatic rings. The Labute approximate surface area is 77.1 Å². The summed E-state index contributed by atoms with van der Waals surface area (Å²) in [5, 5.41) is 0. The van der Waals surface area contributed by atoms with Crippen LogP contribution in [0.2, 0.25) is 0 Å². The van der Waals surface area contributed by atoms with E-state index < -0.39 is 6.24 Å². The van der Waals surface area contributed by atoms with Crippen LogP contribution in [0.3, 0.4) is 0 Å². The summed E-state index contributed by atoms with van der Waals surface area (Å²) in [6, 6.07) is 0. The zero-order valence-electron chi connectivity index (χ0n) is 3.25. The second-order valence-electron chi connectivity index (χ2n) is 0.835. The van der Waals surface area contributed by atoms with E-state index in [-0.39, 0.29) is 57.6 Å². The van der Waals surface area contributed by atoms with Crippen LogP contribution in [0.25, 0.3) is 0 Å². The molecule has 0 atom stereocenters. The van der Waals surface area contributed by atoms with Crippen molar-refractivity contribution in [3.05, 3.63) is 0 Å². The normalized spacial score (nSPS) is 9.67. The molecule has 0 aromatic carbocycles. The van der Waals surface area contributed by atoms with Crippen LogP contribution in [0.5, 0.6) is 0 Å². The molecule has 6 heavy (non-hydrogen) atoms. The van der Waals surface area contributed by atoms with Gasteiger partial charge >= 0.3 is 15.8 Å². The van der Waals surface area contributed by atoms with Crippen molar-refractivity contribution < 1.29 is 56.1 Å². The first-order valence-corrected chi connectivity index (χ1v) is 5.77. The second-order valence-corrected chi connectivity index (χ2v) is 6.00. The molecule has 3 nitrogen and oxygen atoms in total. The van der Waals surface area contributed by atoms with E-state index in [0.29, 0.717) is 0 Å². The smallest absolute Gasteiger partial charge is 0.340 e. The molecule has 0 bridgehead atoms. The van der Waals surface area contributed by atoms with Crippen LogP contribution in [0.15, 0.2) is 0 Å². The van der Waals surface area contributed by atoms with Gasteiger partial charge in [-0.3, -0.25) is 4.57 Å². The Kier molecular flexibility index (Phi) is 7.27. The maximum absolute atomic E-state index is 9.39. The molecule has 0 heterocycles. The molecule has 0 unspecified atom stereocenters. The van der Waals surface area contributed by atoms with E-state index in [0.717, 1.165) is 0 Å². The van der Waals surface area contributed by atoms with Crippen molar-refractivity contribution in [1.82, 2.24) is 0 Å². The van der Waals surface area contributed by atoms with Crippen LogP contribution < -0.4 is 0 Å². The average Bonchev–Trinajstić information content (AvgIpc) is 0.722. The predicted molar refractivity (Wildman–Crippen MR) is 20.6 cm³/mol. The zero-order valence-corrected chi connectivity index (χ0v) is 9.28. The average molecular weight is 250 g/mol. The Morgan fingerprint density at radius 1 is 1.50 bits per heavy atom. The fourth-order valence-corrected chi connectivity index (χ4v) is 0. The summed E-state index contributed by atoms with van der Waals surface area (Å²) in [7, 11) is 0. The minimum atomic E-state index is -3.50. The van der Waals surface area contributed by atoms with E-state index in [1.807, 2.05) is 0 Å². The predicted octanol–water partition coefficient (Wildman–Crippen LogP) is -1.29. The second kappa shape index (κ2) is 3.99. The van der Waals surface area contributed by atoms with Crippen LogP contribution in [-0.4, -0.2) is 25.6 Å². The molecule has 0 aromatic rings. The van der Waals surface area contributed by atoms with Crippen molar-refractivity contribution in [1.29, 1.82) is 0 Å². The van der Waals surface area contributed by atoms with E-state index in [2.05, 4.69) is 0 Å². The third-order valence-electron chi connectivity index (χ3n) is 0. The maximum atomic E-state index is 9.39. The van der Waals surface area contributed by atoms with E-state index in [1.165, 1.54) is 0 Å². The van der Waals surface area contributed by atoms with E-state index in [9.17, 15) is 4.57 Å². The monoisotopic (exact) mass is 250 g/mol. The summed E-state index contributed by atoms with van der Waals surface area (Å²) in [5.74, 6) is 0. The minimum absolute atomic E-state index is 0. The molecule has 0 aliphatic carbocycles. The quantitative estimate of drug-likeness (QED) is 0.415. The number of rotatable bonds is 0. The van der Waals surface area contributed by atoms with Crippen molar-refractivity contribution in [2.24, 2.45) is 0 Å². The third-order valence-corrected chi connectivity index (χ3v) is 0. The molecule has 0 aromatic heterocycles. The maximum Gasteiger partial charge on any atom is 0.403 e. The number of hydrogen-bond acceptors (Lipinski definition) is 1. The molecule has 34 valence electrons. The Hall–Kier alpha value is 2.06. The first-order chi connectivity index (χ1) is 2.00. The summed E-state index contributed by atoms with van der Waals surface area (Å²) in [6.07, 6.45) is -3.50. The van der Waals surface area contributed by atoms with Gasteiger partial charge in [0, 0.05) is 41.7 Å². The molecular formula is H4AlCeO3P. The molecule has 0 saturated carbocycles. The standard InChI is InChI=1S/Al.Ce.HO3P.2H/c;;1-4(2)3;;/h;;(H-,1,2,3);;/q-1;;;;/p+1. The van der Waals surface area contributed by atoms with Gasteiger partial charge in [0.05, 0.1) is 0 Å². The molecule has 0 amide bonds. The van der Waals surface area contributed by atoms with Gasteiger partial charge in [-0.05, 0) is 0 Å². The third kappa shape index (κ3) is 36.6. The summed E-state index contributed by atoms with van der Waals surface area (Å²) in [4.78, 5) is 15.4. The van der Waals surface area contributed by atoms with Gasteiger partial charge in [-0.15, -0.1) is 0 Å². The Balaban J connectivity index is 0. The zero-order chi connectivity index (χ0) is 4.50. The topological polar surface area (TPSA) is 57.5 Å². The molecule has 0 rings (SSSR count). The first kappa shape index (κ1) is 10.9. The Bertz CT molecular complexity index is 56.9. The Morgan fingerprint density at radius 2 is 1.50 bits per heavy atom. The summed E-state index contributed by atoms with van der Waals surface area (Å²) in [6.45, 7) is 0. The fraction of sp³-hybridized carbons (Fsp3) is 0. The SMILES string of the molecule is O=[P](O)(O)[AlH2].[Ce]. The van der Waals surface area contributed by atoms with Crippen LogP contribution in [0.4, 0.5) is 0 Å². The van der Waals surface area contributed by atoms with Crippen LogP contribution in [0, 0.1) is 41.7 Å². The molecular weight excluding hydrogens is 246 g/mol. The largest absolute Gasteiger partial charge is 0.403 e. The summed E-state index contributed by atoms with van der Waals surface area (Å²) >= 11 is -0.0255. The molecule has 0 spiro atoms. The molecule has 0 radical (unpaired) electrons. The van der Waals surface area contributed by atoms with Crippen molar-refractivity contribution in [2.45, 2.75) is 0 Å². The van der Waals surface area contributed by atoms with Gasteiger partial charge in [0.1, 0.15) is 0 Å². The van der Waals surface area contributed by atoms with E-state index in [1.54, 1.807) is 0 Å². The van der Waals surface area contributed by atoms with E-state index >= 15 is 0 Å². The fourth-order valence-electron chi connectivity index (χ4n) is 0. The minimum Gasteiger partial charge on any atom is -0.340 e. The van der Waals surface area contributed by atoms with Gasteiger partial charge in [-0.25, -0.2) is 0 Å². The van der Waals surface area contributed by atoms with Crippen molar-refractivity contribution in [3.8, 4) is 0 Å². The van der Waals surface area contributed by atoms with Crippen LogP contribution in [-0.2, 0) is 4.57 Å². The Morgan fingerprint density at radius 3 is 1.50 bits per heavy atom. The van der Waals surface area contributed by atoms with Gasteiger partial charge in [0.2, 0.25) is 6.24 Å². The van der Waals surface area contributed by atoms with Gasteiger partial charge in [0.15, 0.2) is 0 Å². The number of hydrogen-bond donors (Lipinski definition) is 2. The van der Waals surface area contributed by atoms with E-state index in [4.69, 9.17) is 9.79 Å². The molecule has 6 heteroatoms. The van der Waals surface area contributed by atoms with Crippen LogP contribution in [0.1, 0.15) is 0 Å². The van der Waals surface area contributed by atoms with Crippen molar-refractivity contribution in [2.75, 3.05) is 0 Å². The van der Waals surface area contributed by atoms with Crippen molar-refractivity contribution >= 4 is 22.1 Å². The van der Waals surface area contributed by atoms with Crippen LogP contribution >= 0.6 is 6.24 Å². The van der Waals surface area contributed by atoms with Gasteiger partial charge < -0.3 is 9.79 Å². The summed E-state index contributed by atoms with van der Waals surface area (Å²) in [5.41, 5.74) is 0. The molecule has 0 fully saturated rings. The summed E-state index contributed by atoms with van der Waals surface area (Å²) < 4.78 is 9.39. The van der Waals surface area contributed by atoms with Crippen molar-refractivity contribution in [3.63, 3.8) is 0 Å². The molecule has 0 aliphatic heterocycles. The molecule has 2 N–H and O–H groups in total. The van der Waals surface area contributed by atoms with Gasteiger partial charge in [-0.1, -0.05) is 0 Å². The first-order valence-electron chi connectivity index (χ1n) is 1.03. The molecule has 0 saturated heterocycles. The van der Waals surface area contributed by atoms with Gasteiger partial charge in [-0.2, -0.15) is 0 Å². The van der Waals surface area contributed by atoms with Gasteiger partial charge in [0.25, 0.3) is 0 Å².